The van der Waals surface area contributed by atoms with Crippen LogP contribution >= 0.6 is 23.1 Å². The second-order valence-corrected chi connectivity index (χ2v) is 8.35. The molecule has 4 rings (SSSR count). The van der Waals surface area contributed by atoms with Gasteiger partial charge in [-0.3, -0.25) is 14.2 Å². The number of rotatable bonds is 6. The summed E-state index contributed by atoms with van der Waals surface area (Å²) in [5, 5.41) is 0.512. The highest BCUT2D eigenvalue weighted by Gasteiger charge is 2.16. The highest BCUT2D eigenvalue weighted by Crippen LogP contribution is 2.32. The maximum atomic E-state index is 13.1. The van der Waals surface area contributed by atoms with Gasteiger partial charge >= 0.3 is 0 Å². The van der Waals surface area contributed by atoms with E-state index in [0.717, 1.165) is 10.4 Å². The number of ketones is 1. The molecule has 7 heteroatoms. The number of aromatic nitrogens is 2. The minimum atomic E-state index is -0.382. The average molecular weight is 425 g/mol. The van der Waals surface area contributed by atoms with Crippen molar-refractivity contribution in [2.75, 3.05) is 5.75 Å². The zero-order chi connectivity index (χ0) is 20.4. The van der Waals surface area contributed by atoms with Crippen LogP contribution in [-0.4, -0.2) is 21.1 Å². The van der Waals surface area contributed by atoms with Gasteiger partial charge in [-0.15, -0.1) is 11.3 Å². The van der Waals surface area contributed by atoms with E-state index >= 15 is 0 Å². The van der Waals surface area contributed by atoms with Crippen LogP contribution in [0, 0.1) is 5.82 Å². The third-order valence-corrected chi connectivity index (χ3v) is 6.61. The van der Waals surface area contributed by atoms with Crippen LogP contribution in [0.25, 0.3) is 20.7 Å². The SMILES string of the molecule is CCn1c(SCC(=O)c2ccc(F)cc2)nc2cc(-c3ccccc3)sc2c1=O. The van der Waals surface area contributed by atoms with E-state index in [1.807, 2.05) is 43.3 Å². The molecule has 0 aliphatic rings. The van der Waals surface area contributed by atoms with Gasteiger partial charge in [0.05, 0.1) is 11.3 Å². The van der Waals surface area contributed by atoms with Crippen molar-refractivity contribution in [3.63, 3.8) is 0 Å². The van der Waals surface area contributed by atoms with Crippen molar-refractivity contribution in [3.05, 3.63) is 82.4 Å². The van der Waals surface area contributed by atoms with Gasteiger partial charge in [-0.25, -0.2) is 9.37 Å². The van der Waals surface area contributed by atoms with Crippen molar-refractivity contribution in [3.8, 4) is 10.4 Å². The summed E-state index contributed by atoms with van der Waals surface area (Å²) in [5.41, 5.74) is 2.02. The Morgan fingerprint density at radius 1 is 1.14 bits per heavy atom. The number of hydrogen-bond acceptors (Lipinski definition) is 5. The van der Waals surface area contributed by atoms with E-state index in [2.05, 4.69) is 4.98 Å². The molecule has 0 amide bonds. The molecule has 0 fully saturated rings. The molecule has 0 saturated heterocycles. The molecule has 0 atom stereocenters. The summed E-state index contributed by atoms with van der Waals surface area (Å²) >= 11 is 2.66. The maximum absolute atomic E-state index is 13.1. The zero-order valence-corrected chi connectivity index (χ0v) is 17.2. The van der Waals surface area contributed by atoms with E-state index in [9.17, 15) is 14.0 Å². The molecule has 0 bridgehead atoms. The van der Waals surface area contributed by atoms with Crippen LogP contribution in [0.1, 0.15) is 17.3 Å². The molecule has 146 valence electrons. The molecule has 4 aromatic rings. The molecule has 0 spiro atoms. The Balaban J connectivity index is 1.66. The number of benzene rings is 2. The Kier molecular flexibility index (Phi) is 5.60. The summed E-state index contributed by atoms with van der Waals surface area (Å²) < 4.78 is 15.3. The Bertz CT molecular complexity index is 1230. The molecular weight excluding hydrogens is 407 g/mol. The lowest BCUT2D eigenvalue weighted by Gasteiger charge is -2.09. The van der Waals surface area contributed by atoms with Crippen molar-refractivity contribution in [1.82, 2.24) is 9.55 Å². The predicted octanol–water partition coefficient (Wildman–Crippen LogP) is 5.26. The van der Waals surface area contributed by atoms with Gasteiger partial charge < -0.3 is 0 Å². The second-order valence-electron chi connectivity index (χ2n) is 6.35. The van der Waals surface area contributed by atoms with E-state index in [-0.39, 0.29) is 22.9 Å². The fourth-order valence-corrected chi connectivity index (χ4v) is 4.98. The van der Waals surface area contributed by atoms with Gasteiger partial charge in [0.2, 0.25) is 0 Å². The maximum Gasteiger partial charge on any atom is 0.272 e. The van der Waals surface area contributed by atoms with Gasteiger partial charge in [0.25, 0.3) is 5.56 Å². The first-order chi connectivity index (χ1) is 14.1. The molecule has 4 nitrogen and oxygen atoms in total. The molecule has 0 aliphatic carbocycles. The smallest absolute Gasteiger partial charge is 0.272 e. The van der Waals surface area contributed by atoms with Crippen LogP contribution in [0.5, 0.6) is 0 Å². The number of carbonyl (C=O) groups excluding carboxylic acids is 1. The monoisotopic (exact) mass is 424 g/mol. The number of carbonyl (C=O) groups is 1. The van der Waals surface area contributed by atoms with E-state index < -0.39 is 0 Å². The van der Waals surface area contributed by atoms with Crippen molar-refractivity contribution >= 4 is 39.1 Å². The molecule has 0 N–H and O–H groups in total. The zero-order valence-electron chi connectivity index (χ0n) is 15.6. The Labute approximate surface area is 175 Å². The largest absolute Gasteiger partial charge is 0.293 e. The minimum Gasteiger partial charge on any atom is -0.293 e. The third-order valence-electron chi connectivity index (χ3n) is 4.47. The van der Waals surface area contributed by atoms with E-state index in [1.165, 1.54) is 47.4 Å². The van der Waals surface area contributed by atoms with E-state index in [4.69, 9.17) is 0 Å². The molecular formula is C22H17FN2O2S2. The topological polar surface area (TPSA) is 52.0 Å². The molecule has 0 saturated carbocycles. The van der Waals surface area contributed by atoms with Gasteiger partial charge in [0.1, 0.15) is 10.5 Å². The number of Topliss-reactive ketones (excluding diaryl/α,β-unsaturated/α-hetero) is 1. The normalized spacial score (nSPS) is 11.1. The first-order valence-corrected chi connectivity index (χ1v) is 10.9. The lowest BCUT2D eigenvalue weighted by atomic mass is 10.1. The van der Waals surface area contributed by atoms with Crippen molar-refractivity contribution < 1.29 is 9.18 Å². The number of thioether (sulfide) groups is 1. The molecule has 2 aromatic heterocycles. The standard InChI is InChI=1S/C22H17FN2O2S2/c1-2-25-21(27)20-17(12-19(29-20)15-6-4-3-5-7-15)24-22(25)28-13-18(26)14-8-10-16(23)11-9-14/h3-12H,2,13H2,1H3. The Morgan fingerprint density at radius 2 is 1.86 bits per heavy atom. The molecule has 0 aliphatic heterocycles. The van der Waals surface area contributed by atoms with Gasteiger partial charge in [0.15, 0.2) is 10.9 Å². The fraction of sp³-hybridized carbons (Fsp3) is 0.136. The molecule has 2 aromatic carbocycles. The predicted molar refractivity (Wildman–Crippen MR) is 116 cm³/mol. The van der Waals surface area contributed by atoms with Crippen LogP contribution in [0.15, 0.2) is 70.6 Å². The van der Waals surface area contributed by atoms with Crippen molar-refractivity contribution in [2.24, 2.45) is 0 Å². The first-order valence-electron chi connectivity index (χ1n) is 9.08. The van der Waals surface area contributed by atoms with E-state index in [1.54, 1.807) is 4.57 Å². The Morgan fingerprint density at radius 3 is 2.55 bits per heavy atom. The van der Waals surface area contributed by atoms with Crippen LogP contribution < -0.4 is 5.56 Å². The minimum absolute atomic E-state index is 0.0959. The summed E-state index contributed by atoms with van der Waals surface area (Å²) in [5.74, 6) is -0.394. The average Bonchev–Trinajstić information content (AvgIpc) is 3.18. The van der Waals surface area contributed by atoms with E-state index in [0.29, 0.717) is 27.5 Å². The van der Waals surface area contributed by atoms with Gasteiger partial charge in [-0.2, -0.15) is 0 Å². The van der Waals surface area contributed by atoms with Gasteiger partial charge in [0, 0.05) is 17.0 Å². The van der Waals surface area contributed by atoms with Crippen LogP contribution in [0.2, 0.25) is 0 Å². The van der Waals surface area contributed by atoms with Crippen molar-refractivity contribution in [1.29, 1.82) is 0 Å². The summed E-state index contributed by atoms with van der Waals surface area (Å²) in [6.07, 6.45) is 0. The van der Waals surface area contributed by atoms with Gasteiger partial charge in [-0.1, -0.05) is 42.1 Å². The van der Waals surface area contributed by atoms with Crippen LogP contribution in [0.3, 0.4) is 0 Å². The Hall–Kier alpha value is -2.77. The first kappa shape index (κ1) is 19.5. The fourth-order valence-electron chi connectivity index (χ4n) is 2.97. The summed E-state index contributed by atoms with van der Waals surface area (Å²) in [7, 11) is 0. The lowest BCUT2D eigenvalue weighted by molar-refractivity contribution is 0.102. The summed E-state index contributed by atoms with van der Waals surface area (Å²) in [6.45, 7) is 2.35. The third kappa shape index (κ3) is 4.02. The molecule has 0 radical (unpaired) electrons. The number of nitrogens with zero attached hydrogens (tertiary/aromatic N) is 2. The van der Waals surface area contributed by atoms with Gasteiger partial charge in [-0.05, 0) is 42.8 Å². The molecule has 0 unspecified atom stereocenters. The highest BCUT2D eigenvalue weighted by atomic mass is 32.2. The van der Waals surface area contributed by atoms with Crippen molar-refractivity contribution in [2.45, 2.75) is 18.6 Å². The lowest BCUT2D eigenvalue weighted by Crippen LogP contribution is -2.22. The summed E-state index contributed by atoms with van der Waals surface area (Å²) in [6, 6.07) is 17.2. The quantitative estimate of drug-likeness (QED) is 0.241. The number of thiophene rings is 1. The van der Waals surface area contributed by atoms with Crippen LogP contribution in [0.4, 0.5) is 4.39 Å². The molecule has 2 heterocycles. The number of halogens is 1. The molecule has 29 heavy (non-hydrogen) atoms. The highest BCUT2D eigenvalue weighted by molar-refractivity contribution is 7.99. The number of hydrogen-bond donors (Lipinski definition) is 0. The number of fused-ring (bicyclic) bond motifs is 1. The summed E-state index contributed by atoms with van der Waals surface area (Å²) in [4.78, 5) is 31.0. The van der Waals surface area contributed by atoms with Crippen LogP contribution in [-0.2, 0) is 6.54 Å². The second kappa shape index (κ2) is 8.31.